The molecule has 0 radical (unpaired) electrons. The summed E-state index contributed by atoms with van der Waals surface area (Å²) in [6.45, 7) is 6.02. The van der Waals surface area contributed by atoms with Gasteiger partial charge >= 0.3 is 0 Å². The second kappa shape index (κ2) is 9.27. The minimum absolute atomic E-state index is 0.100. The quantitative estimate of drug-likeness (QED) is 0.703. The highest BCUT2D eigenvalue weighted by atomic mass is 16.7. The van der Waals surface area contributed by atoms with Gasteiger partial charge in [-0.15, -0.1) is 0 Å². The van der Waals surface area contributed by atoms with Crippen molar-refractivity contribution in [2.24, 2.45) is 5.92 Å². The molecule has 0 unspecified atom stereocenters. The van der Waals surface area contributed by atoms with E-state index in [9.17, 15) is 9.59 Å². The number of hydroxylamine groups is 2. The van der Waals surface area contributed by atoms with Gasteiger partial charge in [-0.25, -0.2) is 5.06 Å². The number of carbonyl (C=O) groups is 2. The third-order valence-corrected chi connectivity index (χ3v) is 7.51. The molecule has 2 saturated heterocycles. The van der Waals surface area contributed by atoms with Gasteiger partial charge in [0, 0.05) is 18.2 Å². The van der Waals surface area contributed by atoms with E-state index in [1.54, 1.807) is 0 Å². The number of hydrogen-bond acceptors (Lipinski definition) is 4. The minimum Gasteiger partial charge on any atom is -0.335 e. The lowest BCUT2D eigenvalue weighted by Gasteiger charge is -2.48. The molecule has 0 bridgehead atoms. The molecule has 3 aliphatic heterocycles. The molecule has 5 rings (SSSR count). The third kappa shape index (κ3) is 4.06. The lowest BCUT2D eigenvalue weighted by atomic mass is 9.77. The number of nitrogens with zero attached hydrogens (tertiary/aromatic N) is 2. The Labute approximate surface area is 195 Å². The minimum atomic E-state index is -0.199. The number of rotatable bonds is 5. The van der Waals surface area contributed by atoms with Crippen molar-refractivity contribution in [2.75, 3.05) is 19.7 Å². The number of piperidine rings is 2. The van der Waals surface area contributed by atoms with E-state index in [1.165, 1.54) is 16.2 Å². The van der Waals surface area contributed by atoms with Crippen LogP contribution in [0.5, 0.6) is 0 Å². The molecule has 3 aliphatic rings. The summed E-state index contributed by atoms with van der Waals surface area (Å²) in [6.07, 6.45) is 3.80. The summed E-state index contributed by atoms with van der Waals surface area (Å²) in [4.78, 5) is 34.5. The molecule has 4 atom stereocenters. The SMILES string of the molecule is CCON(C(=O)c1ccc2c(c1)CCN1C(=O)[C@@H]3CCCN[C@@H]3C[C@H]21)[C@H](C)c1ccccc1. The van der Waals surface area contributed by atoms with E-state index >= 15 is 0 Å². The van der Waals surface area contributed by atoms with Crippen molar-refractivity contribution < 1.29 is 14.4 Å². The van der Waals surface area contributed by atoms with Gasteiger partial charge in [0.2, 0.25) is 5.91 Å². The van der Waals surface area contributed by atoms with Crippen LogP contribution in [0.1, 0.15) is 72.2 Å². The van der Waals surface area contributed by atoms with Gasteiger partial charge in [-0.1, -0.05) is 36.4 Å². The Kier molecular flexibility index (Phi) is 6.21. The van der Waals surface area contributed by atoms with E-state index in [0.29, 0.717) is 18.1 Å². The van der Waals surface area contributed by atoms with Crippen LogP contribution >= 0.6 is 0 Å². The molecule has 6 nitrogen and oxygen atoms in total. The zero-order valence-electron chi connectivity index (χ0n) is 19.5. The lowest BCUT2D eigenvalue weighted by Crippen LogP contribution is -2.57. The van der Waals surface area contributed by atoms with Crippen molar-refractivity contribution in [3.8, 4) is 0 Å². The van der Waals surface area contributed by atoms with Crippen LogP contribution in [-0.4, -0.2) is 47.5 Å². The Balaban J connectivity index is 1.40. The van der Waals surface area contributed by atoms with Gasteiger partial charge in [0.25, 0.3) is 5.91 Å². The van der Waals surface area contributed by atoms with Crippen LogP contribution < -0.4 is 5.32 Å². The molecule has 33 heavy (non-hydrogen) atoms. The van der Waals surface area contributed by atoms with Gasteiger partial charge in [0.1, 0.15) is 0 Å². The van der Waals surface area contributed by atoms with Crippen LogP contribution in [0.25, 0.3) is 0 Å². The van der Waals surface area contributed by atoms with Crippen molar-refractivity contribution >= 4 is 11.8 Å². The second-order valence-electron chi connectivity index (χ2n) is 9.39. The fourth-order valence-electron chi connectivity index (χ4n) is 5.79. The molecule has 0 saturated carbocycles. The van der Waals surface area contributed by atoms with Crippen molar-refractivity contribution in [2.45, 2.75) is 57.7 Å². The molecule has 2 fully saturated rings. The molecular weight excluding hydrogens is 414 g/mol. The molecule has 0 aliphatic carbocycles. The predicted octanol–water partition coefficient (Wildman–Crippen LogP) is 4.04. The number of fused-ring (bicyclic) bond motifs is 4. The summed E-state index contributed by atoms with van der Waals surface area (Å²) in [5, 5.41) is 5.07. The van der Waals surface area contributed by atoms with Crippen LogP contribution in [-0.2, 0) is 16.1 Å². The standard InChI is InChI=1S/C27H33N3O3/c1-3-33-30(18(2)19-8-5-4-6-9-19)26(31)21-11-12-22-20(16-21)13-15-29-25(22)17-24-23(27(29)32)10-7-14-28-24/h4-6,8-9,11-12,16,18,23-25,28H,3,7,10,13-15,17H2,1-2H3/t18-,23-,24-,25-/m1/s1. The molecular formula is C27H33N3O3. The van der Waals surface area contributed by atoms with E-state index in [4.69, 9.17) is 4.84 Å². The summed E-state index contributed by atoms with van der Waals surface area (Å²) in [7, 11) is 0. The lowest BCUT2D eigenvalue weighted by molar-refractivity contribution is -0.145. The van der Waals surface area contributed by atoms with Crippen LogP contribution in [0.4, 0.5) is 0 Å². The first-order valence-electron chi connectivity index (χ1n) is 12.3. The second-order valence-corrected chi connectivity index (χ2v) is 9.39. The highest BCUT2D eigenvalue weighted by molar-refractivity contribution is 5.94. The average Bonchev–Trinajstić information content (AvgIpc) is 2.86. The summed E-state index contributed by atoms with van der Waals surface area (Å²) in [6, 6.07) is 16.1. The summed E-state index contributed by atoms with van der Waals surface area (Å²) < 4.78 is 0. The monoisotopic (exact) mass is 447 g/mol. The number of amides is 2. The molecule has 2 amide bonds. The van der Waals surface area contributed by atoms with E-state index in [1.807, 2.05) is 56.3 Å². The van der Waals surface area contributed by atoms with Gasteiger partial charge in [-0.2, -0.15) is 0 Å². The number of carbonyl (C=O) groups excluding carboxylic acids is 2. The van der Waals surface area contributed by atoms with Crippen molar-refractivity contribution in [1.82, 2.24) is 15.3 Å². The summed E-state index contributed by atoms with van der Waals surface area (Å²) in [5.74, 6) is 0.289. The molecule has 3 heterocycles. The maximum atomic E-state index is 13.5. The molecule has 2 aromatic carbocycles. The van der Waals surface area contributed by atoms with Gasteiger partial charge in [-0.05, 0) is 74.9 Å². The highest BCUT2D eigenvalue weighted by Gasteiger charge is 2.45. The fraction of sp³-hybridized carbons (Fsp3) is 0.481. The number of hydrogen-bond donors (Lipinski definition) is 1. The van der Waals surface area contributed by atoms with Crippen LogP contribution in [0.3, 0.4) is 0 Å². The molecule has 0 spiro atoms. The average molecular weight is 448 g/mol. The molecule has 0 aromatic heterocycles. The zero-order chi connectivity index (χ0) is 22.9. The normalized spacial score (nSPS) is 25.0. The Morgan fingerprint density at radius 3 is 2.85 bits per heavy atom. The van der Waals surface area contributed by atoms with Crippen LogP contribution in [0.2, 0.25) is 0 Å². The maximum absolute atomic E-state index is 13.5. The van der Waals surface area contributed by atoms with Crippen molar-refractivity contribution in [1.29, 1.82) is 0 Å². The number of nitrogens with one attached hydrogen (secondary N) is 1. The van der Waals surface area contributed by atoms with Gasteiger partial charge < -0.3 is 10.2 Å². The number of benzene rings is 2. The first kappa shape index (κ1) is 22.1. The third-order valence-electron chi connectivity index (χ3n) is 7.51. The Morgan fingerprint density at radius 2 is 2.06 bits per heavy atom. The molecule has 2 aromatic rings. The smallest absolute Gasteiger partial charge is 0.278 e. The molecule has 174 valence electrons. The highest BCUT2D eigenvalue weighted by Crippen LogP contribution is 2.41. The fourth-order valence-corrected chi connectivity index (χ4v) is 5.79. The Morgan fingerprint density at radius 1 is 1.24 bits per heavy atom. The van der Waals surface area contributed by atoms with E-state index in [2.05, 4.69) is 16.3 Å². The van der Waals surface area contributed by atoms with E-state index < -0.39 is 0 Å². The Hall–Kier alpha value is -2.70. The van der Waals surface area contributed by atoms with Crippen LogP contribution in [0.15, 0.2) is 48.5 Å². The topological polar surface area (TPSA) is 61.9 Å². The van der Waals surface area contributed by atoms with Crippen LogP contribution in [0, 0.1) is 5.92 Å². The van der Waals surface area contributed by atoms with Crippen molar-refractivity contribution in [3.05, 3.63) is 70.8 Å². The van der Waals surface area contributed by atoms with E-state index in [-0.39, 0.29) is 30.0 Å². The van der Waals surface area contributed by atoms with Crippen molar-refractivity contribution in [3.63, 3.8) is 0 Å². The molecule has 1 N–H and O–H groups in total. The predicted molar refractivity (Wildman–Crippen MR) is 126 cm³/mol. The van der Waals surface area contributed by atoms with E-state index in [0.717, 1.165) is 44.3 Å². The van der Waals surface area contributed by atoms with Gasteiger partial charge in [0.05, 0.1) is 24.6 Å². The molecule has 6 heteroatoms. The first-order valence-corrected chi connectivity index (χ1v) is 12.3. The van der Waals surface area contributed by atoms with Gasteiger partial charge in [-0.3, -0.25) is 14.4 Å². The maximum Gasteiger partial charge on any atom is 0.278 e. The first-order chi connectivity index (χ1) is 16.1. The Bertz CT molecular complexity index is 1020. The summed E-state index contributed by atoms with van der Waals surface area (Å²) >= 11 is 0. The van der Waals surface area contributed by atoms with Gasteiger partial charge in [0.15, 0.2) is 0 Å². The zero-order valence-corrected chi connectivity index (χ0v) is 19.5. The largest absolute Gasteiger partial charge is 0.335 e. The summed E-state index contributed by atoms with van der Waals surface area (Å²) in [5.41, 5.74) is 4.03.